The fourth-order valence-corrected chi connectivity index (χ4v) is 4.47. The van der Waals surface area contributed by atoms with Crippen molar-refractivity contribution in [3.05, 3.63) is 53.1 Å². The summed E-state index contributed by atoms with van der Waals surface area (Å²) in [5.74, 6) is 0.745. The lowest BCUT2D eigenvalue weighted by molar-refractivity contribution is -0.894. The van der Waals surface area contributed by atoms with Crippen molar-refractivity contribution >= 4 is 32.6 Å². The molecule has 0 unspecified atom stereocenters. The average Bonchev–Trinajstić information content (AvgIpc) is 3.16. The van der Waals surface area contributed by atoms with Crippen LogP contribution in [0.4, 0.5) is 5.13 Å². The smallest absolute Gasteiger partial charge is 0.260 e. The van der Waals surface area contributed by atoms with Crippen LogP contribution in [0.3, 0.4) is 0 Å². The highest BCUT2D eigenvalue weighted by Gasteiger charge is 2.24. The minimum absolute atomic E-state index is 0.00998. The van der Waals surface area contributed by atoms with Crippen LogP contribution < -0.4 is 14.5 Å². The molecule has 0 fully saturated rings. The molecule has 29 heavy (non-hydrogen) atoms. The highest BCUT2D eigenvalue weighted by Crippen LogP contribution is 2.34. The number of hydrogen-bond acceptors (Lipinski definition) is 4. The standard InChI is InChI=1S/C23H29N3O2S/c1-6-25(7-2)13-14-26(22(27)18-15-16(3)11-12-17(18)4)23-24-21-19(28-5)9-8-10-20(21)29-23/h8-12,15H,6-7,13-14H2,1-5H3/p+1. The number of carbonyl (C=O) groups excluding carboxylic acids is 1. The predicted molar refractivity (Wildman–Crippen MR) is 121 cm³/mol. The summed E-state index contributed by atoms with van der Waals surface area (Å²) < 4.78 is 6.49. The fraction of sp³-hybridized carbons (Fsp3) is 0.391. The number of rotatable bonds is 8. The van der Waals surface area contributed by atoms with Crippen molar-refractivity contribution in [2.45, 2.75) is 27.7 Å². The molecule has 1 heterocycles. The predicted octanol–water partition coefficient (Wildman–Crippen LogP) is 3.49. The molecule has 0 bridgehead atoms. The van der Waals surface area contributed by atoms with Crippen molar-refractivity contribution in [3.8, 4) is 5.75 Å². The number of aromatic nitrogens is 1. The summed E-state index contributed by atoms with van der Waals surface area (Å²) in [7, 11) is 1.65. The van der Waals surface area contributed by atoms with Crippen molar-refractivity contribution < 1.29 is 14.4 Å². The van der Waals surface area contributed by atoms with E-state index in [1.165, 1.54) is 16.2 Å². The van der Waals surface area contributed by atoms with Gasteiger partial charge in [0.2, 0.25) is 0 Å². The van der Waals surface area contributed by atoms with Gasteiger partial charge < -0.3 is 9.64 Å². The third-order valence-corrected chi connectivity index (χ3v) is 6.42. The summed E-state index contributed by atoms with van der Waals surface area (Å²) >= 11 is 1.54. The van der Waals surface area contributed by atoms with E-state index in [0.29, 0.717) is 6.54 Å². The van der Waals surface area contributed by atoms with Crippen LogP contribution >= 0.6 is 11.3 Å². The monoisotopic (exact) mass is 412 g/mol. The van der Waals surface area contributed by atoms with E-state index < -0.39 is 0 Å². The van der Waals surface area contributed by atoms with Crippen LogP contribution in [0.25, 0.3) is 10.2 Å². The molecule has 2 aromatic carbocycles. The zero-order chi connectivity index (χ0) is 21.0. The molecule has 0 saturated carbocycles. The summed E-state index contributed by atoms with van der Waals surface area (Å²) in [6.45, 7) is 12.0. The summed E-state index contributed by atoms with van der Waals surface area (Å²) in [4.78, 5) is 21.7. The van der Waals surface area contributed by atoms with Gasteiger partial charge in [-0.1, -0.05) is 35.1 Å². The fourth-order valence-electron chi connectivity index (χ4n) is 3.46. The molecular weight excluding hydrogens is 382 g/mol. The van der Waals surface area contributed by atoms with E-state index in [9.17, 15) is 4.79 Å². The van der Waals surface area contributed by atoms with Gasteiger partial charge in [-0.25, -0.2) is 4.98 Å². The molecule has 0 aliphatic rings. The number of quaternary nitrogens is 1. The quantitative estimate of drug-likeness (QED) is 0.616. The first kappa shape index (κ1) is 21.3. The number of nitrogens with zero attached hydrogens (tertiary/aromatic N) is 2. The number of amides is 1. The number of hydrogen-bond donors (Lipinski definition) is 1. The van der Waals surface area contributed by atoms with Crippen LogP contribution in [-0.2, 0) is 0 Å². The third-order valence-electron chi connectivity index (χ3n) is 5.38. The Morgan fingerprint density at radius 1 is 1.17 bits per heavy atom. The summed E-state index contributed by atoms with van der Waals surface area (Å²) in [5, 5.41) is 0.724. The maximum Gasteiger partial charge on any atom is 0.260 e. The number of ether oxygens (including phenoxy) is 1. The van der Waals surface area contributed by atoms with Gasteiger partial charge in [0, 0.05) is 5.56 Å². The van der Waals surface area contributed by atoms with Crippen LogP contribution in [0, 0.1) is 13.8 Å². The minimum atomic E-state index is 0.00998. The largest absolute Gasteiger partial charge is 0.494 e. The molecule has 0 spiro atoms. The average molecular weight is 413 g/mol. The summed E-state index contributed by atoms with van der Waals surface area (Å²) in [6.07, 6.45) is 0. The molecule has 3 aromatic rings. The third kappa shape index (κ3) is 4.60. The summed E-state index contributed by atoms with van der Waals surface area (Å²) in [6, 6.07) is 11.9. The van der Waals surface area contributed by atoms with Crippen molar-refractivity contribution in [1.82, 2.24) is 4.98 Å². The van der Waals surface area contributed by atoms with Crippen LogP contribution in [-0.4, -0.2) is 44.2 Å². The molecule has 1 amide bonds. The second kappa shape index (κ2) is 9.37. The molecule has 5 nitrogen and oxygen atoms in total. The molecule has 1 N–H and O–H groups in total. The van der Waals surface area contributed by atoms with Gasteiger partial charge in [0.25, 0.3) is 5.91 Å². The molecule has 154 valence electrons. The number of benzene rings is 2. The Bertz CT molecular complexity index is 995. The lowest BCUT2D eigenvalue weighted by Gasteiger charge is -2.23. The molecule has 0 aliphatic heterocycles. The Labute approximate surface area is 176 Å². The van der Waals surface area contributed by atoms with E-state index in [0.717, 1.165) is 57.4 Å². The first-order chi connectivity index (χ1) is 14.0. The van der Waals surface area contributed by atoms with Gasteiger partial charge in [-0.3, -0.25) is 9.69 Å². The minimum Gasteiger partial charge on any atom is -0.494 e. The zero-order valence-corrected chi connectivity index (χ0v) is 18.7. The Hall–Kier alpha value is -2.44. The number of carbonyl (C=O) groups is 1. The Kier molecular flexibility index (Phi) is 6.87. The zero-order valence-electron chi connectivity index (χ0n) is 17.9. The topological polar surface area (TPSA) is 46.9 Å². The first-order valence-electron chi connectivity index (χ1n) is 10.1. The highest BCUT2D eigenvalue weighted by molar-refractivity contribution is 7.22. The molecule has 0 aliphatic carbocycles. The summed E-state index contributed by atoms with van der Waals surface area (Å²) in [5.41, 5.74) is 3.62. The number of fused-ring (bicyclic) bond motifs is 1. The number of thiazole rings is 1. The van der Waals surface area contributed by atoms with Gasteiger partial charge in [-0.15, -0.1) is 0 Å². The maximum atomic E-state index is 13.6. The molecule has 3 rings (SSSR count). The van der Waals surface area contributed by atoms with Gasteiger partial charge in [0.05, 0.1) is 38.0 Å². The normalized spacial score (nSPS) is 11.2. The van der Waals surface area contributed by atoms with Crippen LogP contribution in [0.1, 0.15) is 35.3 Å². The second-order valence-corrected chi connectivity index (χ2v) is 8.29. The maximum absolute atomic E-state index is 13.6. The van der Waals surface area contributed by atoms with E-state index in [4.69, 9.17) is 9.72 Å². The second-order valence-electron chi connectivity index (χ2n) is 7.29. The van der Waals surface area contributed by atoms with E-state index in [1.54, 1.807) is 7.11 Å². The first-order valence-corrected chi connectivity index (χ1v) is 11.0. The molecule has 6 heteroatoms. The van der Waals surface area contributed by atoms with Crippen LogP contribution in [0.2, 0.25) is 0 Å². The number of nitrogens with one attached hydrogen (secondary N) is 1. The van der Waals surface area contributed by atoms with Gasteiger partial charge >= 0.3 is 0 Å². The molecule has 0 saturated heterocycles. The number of likely N-dealkylation sites (N-methyl/N-ethyl adjacent to an activating group) is 1. The molecule has 1 aromatic heterocycles. The lowest BCUT2D eigenvalue weighted by atomic mass is 10.0. The van der Waals surface area contributed by atoms with Crippen LogP contribution in [0.15, 0.2) is 36.4 Å². The van der Waals surface area contributed by atoms with Gasteiger partial charge in [-0.05, 0) is 51.5 Å². The SMILES string of the molecule is CC[NH+](CC)CCN(C(=O)c1cc(C)ccc1C)c1nc2c(OC)cccc2s1. The van der Waals surface area contributed by atoms with Crippen molar-refractivity contribution in [3.63, 3.8) is 0 Å². The van der Waals surface area contributed by atoms with Crippen LogP contribution in [0.5, 0.6) is 5.75 Å². The molecule has 0 radical (unpaired) electrons. The Morgan fingerprint density at radius 3 is 2.62 bits per heavy atom. The number of para-hydroxylation sites is 1. The number of anilines is 1. The van der Waals surface area contributed by atoms with E-state index in [1.807, 2.05) is 55.1 Å². The van der Waals surface area contributed by atoms with Crippen molar-refractivity contribution in [1.29, 1.82) is 0 Å². The number of aryl methyl sites for hydroxylation is 2. The van der Waals surface area contributed by atoms with Crippen molar-refractivity contribution in [2.75, 3.05) is 38.2 Å². The molecule has 0 atom stereocenters. The Morgan fingerprint density at radius 2 is 1.93 bits per heavy atom. The van der Waals surface area contributed by atoms with E-state index >= 15 is 0 Å². The number of methoxy groups -OCH3 is 1. The highest BCUT2D eigenvalue weighted by atomic mass is 32.1. The molecular formula is C23H30N3O2S+. The van der Waals surface area contributed by atoms with Gasteiger partial charge in [-0.2, -0.15) is 0 Å². The van der Waals surface area contributed by atoms with Gasteiger partial charge in [0.1, 0.15) is 11.3 Å². The van der Waals surface area contributed by atoms with E-state index in [-0.39, 0.29) is 5.91 Å². The van der Waals surface area contributed by atoms with Crippen molar-refractivity contribution in [2.24, 2.45) is 0 Å². The van der Waals surface area contributed by atoms with Gasteiger partial charge in [0.15, 0.2) is 5.13 Å². The Balaban J connectivity index is 2.03. The lowest BCUT2D eigenvalue weighted by Crippen LogP contribution is -3.12. The van der Waals surface area contributed by atoms with E-state index in [2.05, 4.69) is 13.8 Å².